The van der Waals surface area contributed by atoms with E-state index in [-0.39, 0.29) is 5.82 Å². The van der Waals surface area contributed by atoms with Crippen LogP contribution in [0.3, 0.4) is 0 Å². The summed E-state index contributed by atoms with van der Waals surface area (Å²) < 4.78 is 23.9. The Labute approximate surface area is 158 Å². The number of aromatic nitrogens is 4. The number of hydrogen-bond donors (Lipinski definition) is 0. The third kappa shape index (κ3) is 4.06. The van der Waals surface area contributed by atoms with Gasteiger partial charge in [0.05, 0.1) is 5.75 Å². The van der Waals surface area contributed by atoms with E-state index < -0.39 is 0 Å². The van der Waals surface area contributed by atoms with Gasteiger partial charge in [0.25, 0.3) is 11.1 Å². The normalized spacial score (nSPS) is 11.1. The van der Waals surface area contributed by atoms with Crippen LogP contribution in [0.25, 0.3) is 22.9 Å². The molecule has 2 heterocycles. The Morgan fingerprint density at radius 2 is 1.67 bits per heavy atom. The lowest BCUT2D eigenvalue weighted by molar-refractivity contribution is 0.425. The summed E-state index contributed by atoms with van der Waals surface area (Å²) in [5, 5.41) is 12.5. The molecule has 4 aromatic rings. The maximum Gasteiger partial charge on any atom is 0.277 e. The largest absolute Gasteiger partial charge is 0.411 e. The highest BCUT2D eigenvalue weighted by Gasteiger charge is 2.13. The Hall–Kier alpha value is -3.00. The fraction of sp³-hybridized carbons (Fsp3) is 0.158. The Balaban J connectivity index is 1.44. The molecule has 6 nitrogen and oxygen atoms in total. The van der Waals surface area contributed by atoms with E-state index >= 15 is 0 Å². The summed E-state index contributed by atoms with van der Waals surface area (Å²) in [5.74, 6) is 1.41. The van der Waals surface area contributed by atoms with E-state index in [1.165, 1.54) is 23.9 Å². The van der Waals surface area contributed by atoms with Gasteiger partial charge in [0.1, 0.15) is 5.82 Å². The molecule has 0 radical (unpaired) electrons. The van der Waals surface area contributed by atoms with Gasteiger partial charge in [0.2, 0.25) is 5.89 Å². The Kier molecular flexibility index (Phi) is 4.72. The molecule has 0 saturated carbocycles. The maximum absolute atomic E-state index is 13.0. The first-order valence-corrected chi connectivity index (χ1v) is 9.19. The Morgan fingerprint density at radius 1 is 0.926 bits per heavy atom. The van der Waals surface area contributed by atoms with Gasteiger partial charge in [0, 0.05) is 11.1 Å². The van der Waals surface area contributed by atoms with Gasteiger partial charge in [0.15, 0.2) is 5.82 Å². The van der Waals surface area contributed by atoms with Crippen LogP contribution < -0.4 is 0 Å². The second-order valence-electron chi connectivity index (χ2n) is 6.06. The van der Waals surface area contributed by atoms with E-state index in [0.717, 1.165) is 16.7 Å². The standard InChI is InChI=1S/C19H15FN4O2S/c1-11-7-12(2)9-14(8-11)18-22-23-19(25-18)27-10-16-21-17(26-24-16)13-3-5-15(20)6-4-13/h3-9H,10H2,1-2H3. The molecule has 0 N–H and O–H groups in total. The molecule has 2 aromatic carbocycles. The van der Waals surface area contributed by atoms with E-state index in [4.69, 9.17) is 8.94 Å². The second kappa shape index (κ2) is 7.32. The third-order valence-electron chi connectivity index (χ3n) is 3.76. The zero-order valence-electron chi connectivity index (χ0n) is 14.6. The van der Waals surface area contributed by atoms with Crippen molar-refractivity contribution in [3.05, 3.63) is 65.2 Å². The van der Waals surface area contributed by atoms with Crippen molar-refractivity contribution in [3.8, 4) is 22.9 Å². The molecule has 0 saturated heterocycles. The molecule has 0 unspecified atom stereocenters. The molecule has 0 amide bonds. The van der Waals surface area contributed by atoms with Gasteiger partial charge in [-0.1, -0.05) is 34.1 Å². The topological polar surface area (TPSA) is 77.8 Å². The van der Waals surface area contributed by atoms with Gasteiger partial charge in [-0.3, -0.25) is 0 Å². The number of hydrogen-bond acceptors (Lipinski definition) is 7. The molecule has 27 heavy (non-hydrogen) atoms. The number of aryl methyl sites for hydroxylation is 2. The smallest absolute Gasteiger partial charge is 0.277 e. The van der Waals surface area contributed by atoms with Crippen molar-refractivity contribution in [2.75, 3.05) is 0 Å². The highest BCUT2D eigenvalue weighted by Crippen LogP contribution is 2.27. The number of thioether (sulfide) groups is 1. The fourth-order valence-electron chi connectivity index (χ4n) is 2.63. The van der Waals surface area contributed by atoms with Crippen molar-refractivity contribution in [2.45, 2.75) is 24.8 Å². The lowest BCUT2D eigenvalue weighted by atomic mass is 10.1. The van der Waals surface area contributed by atoms with E-state index in [0.29, 0.717) is 34.1 Å². The molecular weight excluding hydrogens is 367 g/mol. The summed E-state index contributed by atoms with van der Waals surface area (Å²) in [6.07, 6.45) is 0. The van der Waals surface area contributed by atoms with Crippen LogP contribution in [0.5, 0.6) is 0 Å². The minimum Gasteiger partial charge on any atom is -0.411 e. The van der Waals surface area contributed by atoms with E-state index in [1.807, 2.05) is 26.0 Å². The predicted molar refractivity (Wildman–Crippen MR) is 98.5 cm³/mol. The summed E-state index contributed by atoms with van der Waals surface area (Å²) in [5.41, 5.74) is 3.83. The van der Waals surface area contributed by atoms with Gasteiger partial charge >= 0.3 is 0 Å². The highest BCUT2D eigenvalue weighted by atomic mass is 32.2. The maximum atomic E-state index is 13.0. The summed E-state index contributed by atoms with van der Waals surface area (Å²) in [7, 11) is 0. The van der Waals surface area contributed by atoms with E-state index in [1.54, 1.807) is 12.1 Å². The molecule has 2 aromatic heterocycles. The van der Waals surface area contributed by atoms with Gasteiger partial charge in [-0.05, 0) is 50.2 Å². The van der Waals surface area contributed by atoms with Gasteiger partial charge in [-0.25, -0.2) is 4.39 Å². The monoisotopic (exact) mass is 382 g/mol. The van der Waals surface area contributed by atoms with Gasteiger partial charge < -0.3 is 8.94 Å². The Morgan fingerprint density at radius 3 is 2.41 bits per heavy atom. The van der Waals surface area contributed by atoms with Crippen molar-refractivity contribution in [1.82, 2.24) is 20.3 Å². The Bertz CT molecular complexity index is 1060. The molecule has 0 bridgehead atoms. The first-order valence-electron chi connectivity index (χ1n) is 8.20. The highest BCUT2D eigenvalue weighted by molar-refractivity contribution is 7.98. The van der Waals surface area contributed by atoms with Crippen molar-refractivity contribution >= 4 is 11.8 Å². The molecule has 0 spiro atoms. The van der Waals surface area contributed by atoms with Crippen LogP contribution in [0.15, 0.2) is 56.6 Å². The van der Waals surface area contributed by atoms with Crippen molar-refractivity contribution in [2.24, 2.45) is 0 Å². The molecular formula is C19H15FN4O2S. The van der Waals surface area contributed by atoms with Crippen LogP contribution in [-0.2, 0) is 5.75 Å². The summed E-state index contributed by atoms with van der Waals surface area (Å²) in [6, 6.07) is 12.0. The molecule has 0 aliphatic carbocycles. The van der Waals surface area contributed by atoms with Gasteiger partial charge in [-0.15, -0.1) is 10.2 Å². The molecule has 0 aliphatic heterocycles. The average Bonchev–Trinajstić information content (AvgIpc) is 3.29. The number of nitrogens with zero attached hydrogens (tertiary/aromatic N) is 4. The van der Waals surface area contributed by atoms with Crippen LogP contribution in [0, 0.1) is 19.7 Å². The molecule has 8 heteroatoms. The number of halogens is 1. The van der Waals surface area contributed by atoms with E-state index in [2.05, 4.69) is 26.4 Å². The second-order valence-corrected chi connectivity index (χ2v) is 6.99. The minimum absolute atomic E-state index is 0.315. The molecule has 0 aliphatic rings. The summed E-state index contributed by atoms with van der Waals surface area (Å²) in [4.78, 5) is 4.30. The van der Waals surface area contributed by atoms with Crippen LogP contribution in [-0.4, -0.2) is 20.3 Å². The molecule has 0 fully saturated rings. The zero-order valence-corrected chi connectivity index (χ0v) is 15.5. The first kappa shape index (κ1) is 17.4. The van der Waals surface area contributed by atoms with Crippen LogP contribution in [0.1, 0.15) is 17.0 Å². The minimum atomic E-state index is -0.315. The molecule has 4 rings (SSSR count). The number of rotatable bonds is 5. The quantitative estimate of drug-likeness (QED) is 0.457. The average molecular weight is 382 g/mol. The first-order chi connectivity index (χ1) is 13.1. The zero-order chi connectivity index (χ0) is 18.8. The third-order valence-corrected chi connectivity index (χ3v) is 4.57. The van der Waals surface area contributed by atoms with E-state index in [9.17, 15) is 4.39 Å². The summed E-state index contributed by atoms with van der Waals surface area (Å²) >= 11 is 1.32. The van der Waals surface area contributed by atoms with Crippen molar-refractivity contribution in [1.29, 1.82) is 0 Å². The van der Waals surface area contributed by atoms with Crippen LogP contribution >= 0.6 is 11.8 Å². The van der Waals surface area contributed by atoms with Crippen LogP contribution in [0.2, 0.25) is 0 Å². The lowest BCUT2D eigenvalue weighted by Crippen LogP contribution is -1.84. The molecule has 136 valence electrons. The summed E-state index contributed by atoms with van der Waals surface area (Å²) in [6.45, 7) is 4.05. The van der Waals surface area contributed by atoms with Gasteiger partial charge in [-0.2, -0.15) is 4.98 Å². The van der Waals surface area contributed by atoms with Crippen molar-refractivity contribution < 1.29 is 13.3 Å². The fourth-order valence-corrected chi connectivity index (χ4v) is 3.24. The van der Waals surface area contributed by atoms with Crippen LogP contribution in [0.4, 0.5) is 4.39 Å². The lowest BCUT2D eigenvalue weighted by Gasteiger charge is -1.99. The molecule has 0 atom stereocenters. The SMILES string of the molecule is Cc1cc(C)cc(-c2nnc(SCc3noc(-c4ccc(F)cc4)n3)o2)c1. The van der Waals surface area contributed by atoms with Crippen molar-refractivity contribution in [3.63, 3.8) is 0 Å². The predicted octanol–water partition coefficient (Wildman–Crippen LogP) is 4.83. The number of benzene rings is 2.